The number of sulfonamides is 1. The lowest BCUT2D eigenvalue weighted by Crippen LogP contribution is -2.37. The first kappa shape index (κ1) is 15.4. The Hall–Kier alpha value is -2.00. The van der Waals surface area contributed by atoms with Gasteiger partial charge in [0.25, 0.3) is 5.69 Å². The Kier molecular flexibility index (Phi) is 3.97. The number of aryl methyl sites for hydroxylation is 1. The molecule has 0 heterocycles. The Bertz CT molecular complexity index is 696. The van der Waals surface area contributed by atoms with Crippen LogP contribution in [0, 0.1) is 17.0 Å². The minimum atomic E-state index is -4.06. The minimum Gasteiger partial charge on any atom is -0.480 e. The molecule has 0 aromatic heterocycles. The van der Waals surface area contributed by atoms with Crippen LogP contribution in [0.15, 0.2) is 23.1 Å². The number of carboxylic acids is 1. The summed E-state index contributed by atoms with van der Waals surface area (Å²) >= 11 is 0. The van der Waals surface area contributed by atoms with Gasteiger partial charge in [-0.25, -0.2) is 8.42 Å². The number of nitro groups is 1. The van der Waals surface area contributed by atoms with Crippen LogP contribution in [0.2, 0.25) is 0 Å². The van der Waals surface area contributed by atoms with Gasteiger partial charge in [-0.05, 0) is 25.8 Å². The van der Waals surface area contributed by atoms with E-state index in [1.807, 2.05) is 0 Å². The molecule has 1 aliphatic carbocycles. The average Bonchev–Trinajstić information content (AvgIpc) is 3.19. The van der Waals surface area contributed by atoms with E-state index in [0.29, 0.717) is 18.4 Å². The van der Waals surface area contributed by atoms with Crippen LogP contribution in [-0.4, -0.2) is 41.3 Å². The third-order valence-electron chi connectivity index (χ3n) is 3.23. The Balaban J connectivity index is 2.44. The van der Waals surface area contributed by atoms with E-state index in [2.05, 4.69) is 0 Å². The summed E-state index contributed by atoms with van der Waals surface area (Å²) in [6.07, 6.45) is 1.20. The SMILES string of the molecule is Cc1ccc(S(=O)(=O)N(CC(=O)O)C2CC2)cc1[N+](=O)[O-]. The van der Waals surface area contributed by atoms with Crippen molar-refractivity contribution in [2.24, 2.45) is 0 Å². The predicted octanol–water partition coefficient (Wildman–Crippen LogP) is 1.14. The van der Waals surface area contributed by atoms with Crippen molar-refractivity contribution in [3.63, 3.8) is 0 Å². The average molecular weight is 314 g/mol. The van der Waals surface area contributed by atoms with Gasteiger partial charge in [0.15, 0.2) is 0 Å². The zero-order valence-corrected chi connectivity index (χ0v) is 12.0. The molecule has 0 unspecified atom stereocenters. The second-order valence-corrected chi connectivity index (χ2v) is 6.77. The highest BCUT2D eigenvalue weighted by atomic mass is 32.2. The molecule has 1 N–H and O–H groups in total. The molecule has 0 aliphatic heterocycles. The summed E-state index contributed by atoms with van der Waals surface area (Å²) in [6, 6.07) is 3.24. The van der Waals surface area contributed by atoms with Crippen molar-refractivity contribution in [1.82, 2.24) is 4.31 Å². The van der Waals surface area contributed by atoms with Gasteiger partial charge in [0, 0.05) is 17.7 Å². The molecule has 0 atom stereocenters. The van der Waals surface area contributed by atoms with Crippen molar-refractivity contribution in [3.8, 4) is 0 Å². The summed E-state index contributed by atoms with van der Waals surface area (Å²) < 4.78 is 25.8. The van der Waals surface area contributed by atoms with E-state index in [1.54, 1.807) is 0 Å². The van der Waals surface area contributed by atoms with E-state index >= 15 is 0 Å². The van der Waals surface area contributed by atoms with E-state index in [-0.39, 0.29) is 16.6 Å². The molecule has 1 fully saturated rings. The second kappa shape index (κ2) is 5.41. The van der Waals surface area contributed by atoms with Gasteiger partial charge in [-0.3, -0.25) is 14.9 Å². The van der Waals surface area contributed by atoms with Crippen molar-refractivity contribution in [2.45, 2.75) is 30.7 Å². The molecule has 1 saturated carbocycles. The quantitative estimate of drug-likeness (QED) is 0.621. The lowest BCUT2D eigenvalue weighted by molar-refractivity contribution is -0.385. The zero-order chi connectivity index (χ0) is 15.8. The second-order valence-electron chi connectivity index (χ2n) is 4.88. The first-order valence-corrected chi connectivity index (χ1v) is 7.66. The summed E-state index contributed by atoms with van der Waals surface area (Å²) in [5.41, 5.74) is 0.0392. The molecule has 0 spiro atoms. The topological polar surface area (TPSA) is 118 Å². The van der Waals surface area contributed by atoms with Crippen molar-refractivity contribution in [2.75, 3.05) is 6.54 Å². The summed E-state index contributed by atoms with van der Waals surface area (Å²) in [6.45, 7) is 0.860. The Morgan fingerprint density at radius 2 is 2.10 bits per heavy atom. The molecular formula is C12H14N2O6S. The van der Waals surface area contributed by atoms with Gasteiger partial charge >= 0.3 is 5.97 Å². The van der Waals surface area contributed by atoms with Crippen molar-refractivity contribution < 1.29 is 23.2 Å². The first-order valence-electron chi connectivity index (χ1n) is 6.22. The third kappa shape index (κ3) is 3.19. The summed E-state index contributed by atoms with van der Waals surface area (Å²) in [7, 11) is -4.06. The monoisotopic (exact) mass is 314 g/mol. The fourth-order valence-corrected chi connectivity index (χ4v) is 3.64. The van der Waals surface area contributed by atoms with Crippen LogP contribution >= 0.6 is 0 Å². The number of benzene rings is 1. The van der Waals surface area contributed by atoms with Gasteiger partial charge in [-0.15, -0.1) is 0 Å². The number of rotatable bonds is 6. The molecule has 0 amide bonds. The Morgan fingerprint density at radius 3 is 2.57 bits per heavy atom. The lowest BCUT2D eigenvalue weighted by Gasteiger charge is -2.19. The van der Waals surface area contributed by atoms with E-state index in [0.717, 1.165) is 10.4 Å². The van der Waals surface area contributed by atoms with Gasteiger partial charge in [0.2, 0.25) is 10.0 Å². The van der Waals surface area contributed by atoms with E-state index in [1.165, 1.54) is 19.1 Å². The molecule has 2 rings (SSSR count). The molecule has 0 radical (unpaired) electrons. The summed E-state index contributed by atoms with van der Waals surface area (Å²) in [5.74, 6) is -1.26. The molecule has 21 heavy (non-hydrogen) atoms. The highest BCUT2D eigenvalue weighted by Gasteiger charge is 2.39. The fraction of sp³-hybridized carbons (Fsp3) is 0.417. The number of nitro benzene ring substituents is 1. The van der Waals surface area contributed by atoms with E-state index < -0.39 is 27.5 Å². The van der Waals surface area contributed by atoms with Gasteiger partial charge in [0.1, 0.15) is 6.54 Å². The summed E-state index contributed by atoms with van der Waals surface area (Å²) in [5, 5.41) is 19.7. The number of nitrogens with zero attached hydrogens (tertiary/aromatic N) is 2. The Labute approximate surface area is 121 Å². The summed E-state index contributed by atoms with van der Waals surface area (Å²) in [4.78, 5) is 20.8. The largest absolute Gasteiger partial charge is 0.480 e. The van der Waals surface area contributed by atoms with Crippen LogP contribution in [0.5, 0.6) is 0 Å². The molecule has 1 aromatic carbocycles. The third-order valence-corrected chi connectivity index (χ3v) is 5.12. The lowest BCUT2D eigenvalue weighted by atomic mass is 10.2. The smallest absolute Gasteiger partial charge is 0.318 e. The highest BCUT2D eigenvalue weighted by molar-refractivity contribution is 7.89. The maximum absolute atomic E-state index is 12.5. The number of carbonyl (C=O) groups is 1. The van der Waals surface area contributed by atoms with Crippen LogP contribution in [0.25, 0.3) is 0 Å². The Morgan fingerprint density at radius 1 is 1.48 bits per heavy atom. The van der Waals surface area contributed by atoms with E-state index in [4.69, 9.17) is 5.11 Å². The molecule has 8 nitrogen and oxygen atoms in total. The molecule has 1 aromatic rings. The normalized spacial score (nSPS) is 15.1. The maximum atomic E-state index is 12.5. The first-order chi connectivity index (χ1) is 9.73. The van der Waals surface area contributed by atoms with Crippen LogP contribution in [-0.2, 0) is 14.8 Å². The van der Waals surface area contributed by atoms with Gasteiger partial charge in [-0.1, -0.05) is 6.07 Å². The molecule has 1 aliphatic rings. The van der Waals surface area contributed by atoms with Crippen LogP contribution in [0.3, 0.4) is 0 Å². The van der Waals surface area contributed by atoms with Crippen LogP contribution in [0.4, 0.5) is 5.69 Å². The molecular weight excluding hydrogens is 300 g/mol. The van der Waals surface area contributed by atoms with Crippen molar-refractivity contribution in [3.05, 3.63) is 33.9 Å². The molecule has 9 heteroatoms. The zero-order valence-electron chi connectivity index (χ0n) is 11.2. The van der Waals surface area contributed by atoms with E-state index in [9.17, 15) is 23.3 Å². The number of carboxylic acid groups (broad SMARTS) is 1. The molecule has 0 saturated heterocycles. The minimum absolute atomic E-state index is 0.257. The maximum Gasteiger partial charge on any atom is 0.318 e. The van der Waals surface area contributed by atoms with Crippen molar-refractivity contribution in [1.29, 1.82) is 0 Å². The van der Waals surface area contributed by atoms with Crippen LogP contribution < -0.4 is 0 Å². The van der Waals surface area contributed by atoms with Gasteiger partial charge < -0.3 is 5.11 Å². The van der Waals surface area contributed by atoms with Gasteiger partial charge in [-0.2, -0.15) is 4.31 Å². The van der Waals surface area contributed by atoms with Crippen LogP contribution in [0.1, 0.15) is 18.4 Å². The fourth-order valence-electron chi connectivity index (χ4n) is 1.99. The molecule has 114 valence electrons. The predicted molar refractivity (Wildman–Crippen MR) is 72.4 cm³/mol. The number of hydrogen-bond donors (Lipinski definition) is 1. The van der Waals surface area contributed by atoms with Crippen molar-refractivity contribution >= 4 is 21.7 Å². The standard InChI is InChI=1S/C12H14N2O6S/c1-8-2-5-10(6-11(8)14(17)18)21(19,20)13(7-12(15)16)9-3-4-9/h2,5-6,9H,3-4,7H2,1H3,(H,15,16). The molecule has 0 bridgehead atoms. The van der Waals surface area contributed by atoms with Gasteiger partial charge in [0.05, 0.1) is 9.82 Å². The number of aliphatic carboxylic acids is 1. The highest BCUT2D eigenvalue weighted by Crippen LogP contribution is 2.33. The number of hydrogen-bond acceptors (Lipinski definition) is 5.